The maximum absolute atomic E-state index is 5.52. The second-order valence-electron chi connectivity index (χ2n) is 8.25. The van der Waals surface area contributed by atoms with Crippen LogP contribution in [0.1, 0.15) is 31.2 Å². The van der Waals surface area contributed by atoms with Crippen molar-refractivity contribution in [2.45, 2.75) is 26.3 Å². The lowest BCUT2D eigenvalue weighted by Gasteiger charge is -2.34. The fraction of sp³-hybridized carbons (Fsp3) is 0.409. The van der Waals surface area contributed by atoms with Crippen LogP contribution >= 0.6 is 0 Å². The van der Waals surface area contributed by atoms with Crippen LogP contribution in [-0.4, -0.2) is 61.0 Å². The average molecular weight is 419 g/mol. The molecular formula is C22H26N8O. The quantitative estimate of drug-likeness (QED) is 0.489. The van der Waals surface area contributed by atoms with Crippen LogP contribution in [0.5, 0.6) is 0 Å². The van der Waals surface area contributed by atoms with Crippen molar-refractivity contribution in [1.29, 1.82) is 0 Å². The summed E-state index contributed by atoms with van der Waals surface area (Å²) in [6.07, 6.45) is 3.45. The van der Waals surface area contributed by atoms with Gasteiger partial charge in [-0.15, -0.1) is 0 Å². The largest absolute Gasteiger partial charge is 0.353 e. The van der Waals surface area contributed by atoms with Gasteiger partial charge in [0.05, 0.1) is 18.1 Å². The summed E-state index contributed by atoms with van der Waals surface area (Å²) in [5.41, 5.74) is 3.14. The molecule has 1 aliphatic heterocycles. The Hall–Kier alpha value is -3.33. The molecule has 4 aromatic rings. The smallest absolute Gasteiger partial charge is 0.241 e. The first-order valence-corrected chi connectivity index (χ1v) is 10.6. The molecule has 0 aliphatic carbocycles. The molecule has 0 radical (unpaired) electrons. The van der Waals surface area contributed by atoms with E-state index in [1.54, 1.807) is 11.0 Å². The molecule has 0 unspecified atom stereocenters. The third-order valence-electron chi connectivity index (χ3n) is 5.84. The van der Waals surface area contributed by atoms with E-state index in [4.69, 9.17) is 4.52 Å². The summed E-state index contributed by atoms with van der Waals surface area (Å²) in [5, 5.41) is 9.48. The highest BCUT2D eigenvalue weighted by molar-refractivity contribution is 5.86. The molecule has 0 atom stereocenters. The Bertz CT molecular complexity index is 1170. The first-order valence-electron chi connectivity index (χ1n) is 10.6. The summed E-state index contributed by atoms with van der Waals surface area (Å²) in [7, 11) is 1.90. The molecule has 31 heavy (non-hydrogen) atoms. The number of fused-ring (bicyclic) bond motifs is 1. The van der Waals surface area contributed by atoms with Gasteiger partial charge in [0.1, 0.15) is 12.1 Å². The normalized spacial score (nSPS) is 15.3. The molecule has 160 valence electrons. The van der Waals surface area contributed by atoms with Gasteiger partial charge in [0, 0.05) is 38.8 Å². The zero-order valence-electron chi connectivity index (χ0n) is 18.1. The van der Waals surface area contributed by atoms with Crippen molar-refractivity contribution in [3.8, 4) is 11.4 Å². The number of piperazine rings is 1. The van der Waals surface area contributed by atoms with E-state index in [9.17, 15) is 0 Å². The van der Waals surface area contributed by atoms with Gasteiger partial charge in [-0.2, -0.15) is 10.1 Å². The summed E-state index contributed by atoms with van der Waals surface area (Å²) in [6, 6.07) is 8.37. The number of aryl methyl sites for hydroxylation is 1. The topological polar surface area (TPSA) is 89.0 Å². The minimum absolute atomic E-state index is 0.505. The van der Waals surface area contributed by atoms with Gasteiger partial charge in [-0.05, 0) is 11.5 Å². The number of nitrogens with zero attached hydrogens (tertiary/aromatic N) is 8. The molecule has 1 aromatic carbocycles. The number of hydrogen-bond donors (Lipinski definition) is 0. The summed E-state index contributed by atoms with van der Waals surface area (Å²) in [5.74, 6) is 2.74. The highest BCUT2D eigenvalue weighted by atomic mass is 16.5. The zero-order chi connectivity index (χ0) is 21.4. The van der Waals surface area contributed by atoms with Gasteiger partial charge in [-0.3, -0.25) is 9.58 Å². The summed E-state index contributed by atoms with van der Waals surface area (Å²) in [4.78, 5) is 18.1. The third kappa shape index (κ3) is 3.88. The lowest BCUT2D eigenvalue weighted by Crippen LogP contribution is -2.46. The maximum Gasteiger partial charge on any atom is 0.241 e. The van der Waals surface area contributed by atoms with Gasteiger partial charge in [-0.25, -0.2) is 9.97 Å². The van der Waals surface area contributed by atoms with E-state index in [1.807, 2.05) is 13.2 Å². The number of aromatic nitrogens is 6. The zero-order valence-corrected chi connectivity index (χ0v) is 18.1. The Labute approximate surface area is 180 Å². The van der Waals surface area contributed by atoms with Crippen LogP contribution in [0.4, 0.5) is 5.82 Å². The molecule has 1 saturated heterocycles. The Kier molecular flexibility index (Phi) is 5.11. The Balaban J connectivity index is 1.22. The molecule has 0 spiro atoms. The number of rotatable bonds is 5. The minimum atomic E-state index is 0.505. The highest BCUT2D eigenvalue weighted by Gasteiger charge is 2.22. The minimum Gasteiger partial charge on any atom is -0.353 e. The van der Waals surface area contributed by atoms with Crippen molar-refractivity contribution in [2.24, 2.45) is 7.05 Å². The van der Waals surface area contributed by atoms with Gasteiger partial charge < -0.3 is 9.42 Å². The van der Waals surface area contributed by atoms with Crippen molar-refractivity contribution in [3.05, 3.63) is 48.2 Å². The molecule has 0 bridgehead atoms. The van der Waals surface area contributed by atoms with Crippen molar-refractivity contribution in [2.75, 3.05) is 31.1 Å². The van der Waals surface area contributed by atoms with Crippen LogP contribution in [0.2, 0.25) is 0 Å². The van der Waals surface area contributed by atoms with E-state index >= 15 is 0 Å². The third-order valence-corrected chi connectivity index (χ3v) is 5.84. The van der Waals surface area contributed by atoms with Gasteiger partial charge in [0.2, 0.25) is 11.7 Å². The molecule has 3 aromatic heterocycles. The molecule has 0 amide bonds. The van der Waals surface area contributed by atoms with E-state index in [2.05, 4.69) is 73.1 Å². The van der Waals surface area contributed by atoms with Gasteiger partial charge >= 0.3 is 0 Å². The molecule has 0 N–H and O–H groups in total. The van der Waals surface area contributed by atoms with Crippen LogP contribution in [0.3, 0.4) is 0 Å². The molecular weight excluding hydrogens is 392 g/mol. The van der Waals surface area contributed by atoms with Gasteiger partial charge in [0.15, 0.2) is 5.65 Å². The van der Waals surface area contributed by atoms with Crippen LogP contribution < -0.4 is 4.90 Å². The van der Waals surface area contributed by atoms with E-state index < -0.39 is 0 Å². The fourth-order valence-corrected chi connectivity index (χ4v) is 3.96. The predicted molar refractivity (Wildman–Crippen MR) is 118 cm³/mol. The van der Waals surface area contributed by atoms with Crippen LogP contribution in [-0.2, 0) is 13.6 Å². The SMILES string of the molecule is CC(C)c1ccc(-c2noc(CN3CCN(c4ncnc5c4cnn5C)CC3)n2)cc1. The molecule has 5 rings (SSSR count). The van der Waals surface area contributed by atoms with E-state index in [-0.39, 0.29) is 0 Å². The first-order chi connectivity index (χ1) is 15.1. The van der Waals surface area contributed by atoms with Crippen molar-refractivity contribution >= 4 is 16.9 Å². The number of anilines is 1. The molecule has 1 fully saturated rings. The van der Waals surface area contributed by atoms with Crippen molar-refractivity contribution in [1.82, 2.24) is 34.8 Å². The molecule has 9 heteroatoms. The molecule has 0 saturated carbocycles. The average Bonchev–Trinajstić information content (AvgIpc) is 3.41. The second-order valence-corrected chi connectivity index (χ2v) is 8.25. The Morgan fingerprint density at radius 2 is 1.81 bits per heavy atom. The molecule has 4 heterocycles. The standard InChI is InChI=1S/C22H26N8O/c1-15(2)16-4-6-17(7-5-16)20-26-19(31-27-20)13-29-8-10-30(11-9-29)22-18-12-25-28(3)21(18)23-14-24-22/h4-7,12,14-15H,8-11,13H2,1-3H3. The predicted octanol–water partition coefficient (Wildman–Crippen LogP) is 2.86. The second kappa shape index (κ2) is 8.07. The number of benzene rings is 1. The van der Waals surface area contributed by atoms with Gasteiger partial charge in [-0.1, -0.05) is 43.3 Å². The summed E-state index contributed by atoms with van der Waals surface area (Å²) < 4.78 is 7.30. The fourth-order valence-electron chi connectivity index (χ4n) is 3.96. The lowest BCUT2D eigenvalue weighted by molar-refractivity contribution is 0.215. The maximum atomic E-state index is 5.52. The highest BCUT2D eigenvalue weighted by Crippen LogP contribution is 2.24. The van der Waals surface area contributed by atoms with Crippen LogP contribution in [0.15, 0.2) is 41.3 Å². The van der Waals surface area contributed by atoms with Crippen LogP contribution in [0, 0.1) is 0 Å². The van der Waals surface area contributed by atoms with Crippen LogP contribution in [0.25, 0.3) is 22.4 Å². The molecule has 9 nitrogen and oxygen atoms in total. The summed E-state index contributed by atoms with van der Waals surface area (Å²) in [6.45, 7) is 8.56. The van der Waals surface area contributed by atoms with E-state index in [0.717, 1.165) is 48.6 Å². The monoisotopic (exact) mass is 418 g/mol. The molecule has 1 aliphatic rings. The van der Waals surface area contributed by atoms with Gasteiger partial charge in [0.25, 0.3) is 0 Å². The summed E-state index contributed by atoms with van der Waals surface area (Å²) >= 11 is 0. The lowest BCUT2D eigenvalue weighted by atomic mass is 10.0. The Morgan fingerprint density at radius 3 is 2.55 bits per heavy atom. The van der Waals surface area contributed by atoms with E-state index in [0.29, 0.717) is 24.2 Å². The first kappa shape index (κ1) is 19.6. The van der Waals surface area contributed by atoms with Crippen molar-refractivity contribution < 1.29 is 4.52 Å². The van der Waals surface area contributed by atoms with E-state index in [1.165, 1.54) is 5.56 Å². The van der Waals surface area contributed by atoms with Crippen molar-refractivity contribution in [3.63, 3.8) is 0 Å². The Morgan fingerprint density at radius 1 is 1.03 bits per heavy atom. The number of hydrogen-bond acceptors (Lipinski definition) is 8.